The molecule has 6 atom stereocenters. The first-order valence-corrected chi connectivity index (χ1v) is 15.4. The number of halogens is 4. The molecule has 0 spiro atoms. The summed E-state index contributed by atoms with van der Waals surface area (Å²) >= 11 is 18.5. The van der Waals surface area contributed by atoms with Crippen LogP contribution in [0.2, 0.25) is 0 Å². The predicted octanol–water partition coefficient (Wildman–Crippen LogP) is 4.80. The average molecular weight is 807 g/mol. The summed E-state index contributed by atoms with van der Waals surface area (Å²) in [4.78, 5) is 53.3. The number of fused-ring (bicyclic) bond motifs is 4. The second kappa shape index (κ2) is 9.56. The van der Waals surface area contributed by atoms with Crippen molar-refractivity contribution >= 4 is 97.7 Å². The van der Waals surface area contributed by atoms with Crippen LogP contribution in [-0.4, -0.2) is 57.5 Å². The van der Waals surface area contributed by atoms with Gasteiger partial charge in [0.15, 0.2) is 21.2 Å². The molecule has 0 unspecified atom stereocenters. The van der Waals surface area contributed by atoms with Gasteiger partial charge < -0.3 is 9.84 Å². The van der Waals surface area contributed by atoms with Gasteiger partial charge in [0, 0.05) is 16.5 Å². The Hall–Kier alpha value is -1.90. The highest BCUT2D eigenvalue weighted by atomic mass is 127. The van der Waals surface area contributed by atoms with Crippen LogP contribution >= 0.6 is 68.4 Å². The van der Waals surface area contributed by atoms with E-state index in [1.165, 1.54) is 19.1 Å². The van der Waals surface area contributed by atoms with E-state index < -0.39 is 45.2 Å². The van der Waals surface area contributed by atoms with Gasteiger partial charge in [-0.25, -0.2) is 0 Å². The highest BCUT2D eigenvalue weighted by Crippen LogP contribution is 2.65. The molecule has 1 saturated carbocycles. The van der Waals surface area contributed by atoms with Crippen LogP contribution in [-0.2, 0) is 19.2 Å². The fourth-order valence-corrected chi connectivity index (χ4v) is 8.88. The van der Waals surface area contributed by atoms with E-state index in [2.05, 4.69) is 22.6 Å². The van der Waals surface area contributed by atoms with Crippen molar-refractivity contribution in [1.82, 2.24) is 4.90 Å². The topological polar surface area (TPSA) is 104 Å². The number of nitrogens with zero attached hydrogens (tertiary/aromatic N) is 2. The fraction of sp³-hybridized carbons (Fsp3) is 0.357. The Bertz CT molecular complexity index is 1550. The van der Waals surface area contributed by atoms with Gasteiger partial charge in [0.2, 0.25) is 11.8 Å². The Morgan fingerprint density at radius 2 is 1.68 bits per heavy atom. The standard InChI is InChI=1S/C28H22Cl2I2N2O6/c1-33-25(38)27(29)11-17-15(21(28(27,30)26(33)39)12-9-18(32)22(35)19(10-12)40-2)7-8-16-20(17)24(37)34(23(16)36)14-5-3-13(31)4-6-14/h3-7,9-10,16-17,20-21,35H,8,11H2,1-2H3/t16-,17+,20-,21-,27+,28-/m0/s1. The van der Waals surface area contributed by atoms with Crippen molar-refractivity contribution in [3.8, 4) is 11.5 Å². The van der Waals surface area contributed by atoms with Crippen LogP contribution in [0.15, 0.2) is 48.0 Å². The lowest BCUT2D eigenvalue weighted by Crippen LogP contribution is -2.60. The number of phenols is 1. The zero-order valence-electron chi connectivity index (χ0n) is 21.2. The number of methoxy groups -OCH3 is 1. The summed E-state index contributed by atoms with van der Waals surface area (Å²) < 4.78 is 6.80. The molecule has 40 heavy (non-hydrogen) atoms. The van der Waals surface area contributed by atoms with Crippen LogP contribution < -0.4 is 9.64 Å². The number of imide groups is 2. The number of amides is 4. The number of alkyl halides is 2. The molecular formula is C28H22Cl2I2N2O6. The zero-order valence-corrected chi connectivity index (χ0v) is 27.0. The number of ether oxygens (including phenoxy) is 1. The molecule has 4 aliphatic rings. The second-order valence-corrected chi connectivity index (χ2v) is 14.2. The normalized spacial score (nSPS) is 33.1. The van der Waals surface area contributed by atoms with E-state index in [1.54, 1.807) is 24.3 Å². The highest BCUT2D eigenvalue weighted by Gasteiger charge is 2.76. The molecule has 2 aromatic carbocycles. The van der Waals surface area contributed by atoms with Crippen molar-refractivity contribution < 1.29 is 29.0 Å². The van der Waals surface area contributed by atoms with Gasteiger partial charge in [-0.15, -0.1) is 23.2 Å². The molecule has 0 aromatic heterocycles. The van der Waals surface area contributed by atoms with Crippen LogP contribution in [0.1, 0.15) is 24.3 Å². The molecule has 208 valence electrons. The number of hydrogen-bond acceptors (Lipinski definition) is 6. The lowest BCUT2D eigenvalue weighted by atomic mass is 9.56. The van der Waals surface area contributed by atoms with Gasteiger partial charge in [-0.3, -0.25) is 29.0 Å². The first kappa shape index (κ1) is 28.2. The maximum absolute atomic E-state index is 14.0. The minimum atomic E-state index is -1.90. The third kappa shape index (κ3) is 3.60. The SMILES string of the molecule is COc1cc([C@H]2C3=CC[C@@H]4C(=O)N(c5ccc(I)cc5)C(=O)[C@@H]4[C@@H]3C[C@@]3(Cl)C(=O)N(C)C(=O)[C@@]23Cl)cc(I)c1O. The molecule has 2 aliphatic carbocycles. The maximum atomic E-state index is 14.0. The van der Waals surface area contributed by atoms with Crippen LogP contribution in [0.25, 0.3) is 0 Å². The quantitative estimate of drug-likeness (QED) is 0.207. The van der Waals surface area contributed by atoms with Crippen molar-refractivity contribution in [2.75, 3.05) is 19.1 Å². The van der Waals surface area contributed by atoms with Crippen molar-refractivity contribution in [3.63, 3.8) is 0 Å². The van der Waals surface area contributed by atoms with Crippen molar-refractivity contribution in [2.45, 2.75) is 28.5 Å². The number of likely N-dealkylation sites (tertiary alicyclic amines) is 1. The van der Waals surface area contributed by atoms with Gasteiger partial charge in [-0.1, -0.05) is 11.6 Å². The molecule has 2 aliphatic heterocycles. The lowest BCUT2D eigenvalue weighted by Gasteiger charge is -2.50. The summed E-state index contributed by atoms with van der Waals surface area (Å²) in [7, 11) is 2.75. The van der Waals surface area contributed by atoms with Gasteiger partial charge in [-0.2, -0.15) is 0 Å². The number of carbonyl (C=O) groups is 4. The van der Waals surface area contributed by atoms with Gasteiger partial charge in [0.25, 0.3) is 11.8 Å². The molecule has 0 radical (unpaired) electrons. The molecule has 1 N–H and O–H groups in total. The Balaban J connectivity index is 1.53. The number of phenolic OH excluding ortho intramolecular Hbond substituents is 1. The summed E-state index contributed by atoms with van der Waals surface area (Å²) in [6.07, 6.45) is 2.06. The third-order valence-electron chi connectivity index (χ3n) is 8.70. The van der Waals surface area contributed by atoms with Gasteiger partial charge in [0.05, 0.1) is 28.2 Å². The Morgan fingerprint density at radius 3 is 2.33 bits per heavy atom. The number of benzene rings is 2. The molecule has 12 heteroatoms. The molecule has 6 rings (SSSR count). The van der Waals surface area contributed by atoms with Crippen molar-refractivity contribution in [1.29, 1.82) is 0 Å². The molecule has 2 heterocycles. The van der Waals surface area contributed by atoms with Crippen molar-refractivity contribution in [3.05, 3.63) is 60.8 Å². The number of carbonyl (C=O) groups excluding carboxylic acids is 4. The van der Waals surface area contributed by atoms with E-state index in [-0.39, 0.29) is 36.2 Å². The second-order valence-electron chi connectivity index (χ2n) is 10.5. The first-order valence-electron chi connectivity index (χ1n) is 12.5. The average Bonchev–Trinajstić information content (AvgIpc) is 3.25. The van der Waals surface area contributed by atoms with Crippen LogP contribution in [0.4, 0.5) is 5.69 Å². The number of rotatable bonds is 3. The summed E-state index contributed by atoms with van der Waals surface area (Å²) in [6, 6.07) is 10.4. The summed E-state index contributed by atoms with van der Waals surface area (Å²) in [5.41, 5.74) is 1.67. The first-order chi connectivity index (χ1) is 18.9. The molecule has 8 nitrogen and oxygen atoms in total. The number of allylic oxidation sites excluding steroid dienone is 2. The van der Waals surface area contributed by atoms with E-state index in [0.29, 0.717) is 20.4 Å². The van der Waals surface area contributed by atoms with Crippen molar-refractivity contribution in [2.24, 2.45) is 17.8 Å². The highest BCUT2D eigenvalue weighted by molar-refractivity contribution is 14.1. The van der Waals surface area contributed by atoms with E-state index in [0.717, 1.165) is 8.47 Å². The van der Waals surface area contributed by atoms with Crippen LogP contribution in [0, 0.1) is 24.9 Å². The summed E-state index contributed by atoms with van der Waals surface area (Å²) in [5.74, 6) is -4.83. The van der Waals surface area contributed by atoms with Crippen LogP contribution in [0.5, 0.6) is 11.5 Å². The van der Waals surface area contributed by atoms with Gasteiger partial charge in [-0.05, 0) is 106 Å². The van der Waals surface area contributed by atoms with Gasteiger partial charge in [0.1, 0.15) is 0 Å². The number of anilines is 1. The van der Waals surface area contributed by atoms with E-state index >= 15 is 0 Å². The molecule has 0 bridgehead atoms. The van der Waals surface area contributed by atoms with E-state index in [1.807, 2.05) is 40.8 Å². The lowest BCUT2D eigenvalue weighted by molar-refractivity contribution is -0.138. The summed E-state index contributed by atoms with van der Waals surface area (Å²) in [6.45, 7) is 0. The minimum absolute atomic E-state index is 0.0756. The number of hydrogen-bond donors (Lipinski definition) is 1. The summed E-state index contributed by atoms with van der Waals surface area (Å²) in [5, 5.41) is 10.5. The zero-order chi connectivity index (χ0) is 28.9. The monoisotopic (exact) mass is 806 g/mol. The fourth-order valence-electron chi connectivity index (χ4n) is 6.88. The minimum Gasteiger partial charge on any atom is -0.504 e. The predicted molar refractivity (Wildman–Crippen MR) is 165 cm³/mol. The Morgan fingerprint density at radius 1 is 1.00 bits per heavy atom. The van der Waals surface area contributed by atoms with Gasteiger partial charge >= 0.3 is 0 Å². The molecule has 2 saturated heterocycles. The molecule has 4 amide bonds. The molecule has 3 fully saturated rings. The Kier molecular flexibility index (Phi) is 6.75. The third-order valence-corrected chi connectivity index (χ3v) is 11.7. The van der Waals surface area contributed by atoms with E-state index in [4.69, 9.17) is 27.9 Å². The van der Waals surface area contributed by atoms with Crippen LogP contribution in [0.3, 0.4) is 0 Å². The maximum Gasteiger partial charge on any atom is 0.253 e. The Labute approximate surface area is 267 Å². The number of aromatic hydroxyl groups is 1. The molecule has 2 aromatic rings. The smallest absolute Gasteiger partial charge is 0.253 e. The largest absolute Gasteiger partial charge is 0.504 e. The molecular weight excluding hydrogens is 785 g/mol. The van der Waals surface area contributed by atoms with E-state index in [9.17, 15) is 24.3 Å².